The average molecular weight is 213 g/mol. The van der Waals surface area contributed by atoms with Gasteiger partial charge in [-0.2, -0.15) is 0 Å². The Morgan fingerprint density at radius 2 is 2.00 bits per heavy atom. The quantitative estimate of drug-likeness (QED) is 0.726. The lowest BCUT2D eigenvalue weighted by atomic mass is 9.79. The molecular formula is C12H23NO2. The molecule has 1 saturated carbocycles. The number of carbonyl (C=O) groups excluding carboxylic acids is 1. The van der Waals surface area contributed by atoms with Crippen molar-refractivity contribution >= 4 is 5.97 Å². The molecule has 1 rings (SSSR count). The van der Waals surface area contributed by atoms with Gasteiger partial charge in [-0.3, -0.25) is 4.79 Å². The molecule has 0 aromatic carbocycles. The number of methoxy groups -OCH3 is 1. The van der Waals surface area contributed by atoms with E-state index < -0.39 is 0 Å². The van der Waals surface area contributed by atoms with Gasteiger partial charge in [0, 0.05) is 6.54 Å². The number of hydrogen-bond donors (Lipinski definition) is 1. The Labute approximate surface area is 92.4 Å². The van der Waals surface area contributed by atoms with Gasteiger partial charge < -0.3 is 10.5 Å². The van der Waals surface area contributed by atoms with Crippen molar-refractivity contribution in [1.29, 1.82) is 0 Å². The van der Waals surface area contributed by atoms with Crippen LogP contribution in [0.4, 0.5) is 0 Å². The first-order chi connectivity index (χ1) is 7.17. The summed E-state index contributed by atoms with van der Waals surface area (Å²) >= 11 is 0. The van der Waals surface area contributed by atoms with Crippen LogP contribution in [0.3, 0.4) is 0 Å². The van der Waals surface area contributed by atoms with Crippen molar-refractivity contribution in [3.05, 3.63) is 0 Å². The van der Waals surface area contributed by atoms with E-state index in [1.807, 2.05) is 0 Å². The van der Waals surface area contributed by atoms with Crippen LogP contribution in [0, 0.1) is 17.8 Å². The molecule has 2 N–H and O–H groups in total. The fourth-order valence-electron chi connectivity index (χ4n) is 2.42. The Bertz CT molecular complexity index is 198. The summed E-state index contributed by atoms with van der Waals surface area (Å²) in [6.07, 6.45) is 5.99. The van der Waals surface area contributed by atoms with Crippen LogP contribution in [0.2, 0.25) is 0 Å². The van der Waals surface area contributed by atoms with Gasteiger partial charge in [0.15, 0.2) is 0 Å². The predicted octanol–water partition coefficient (Wildman–Crippen LogP) is 1.95. The Morgan fingerprint density at radius 3 is 2.47 bits per heavy atom. The molecule has 0 heterocycles. The summed E-state index contributed by atoms with van der Waals surface area (Å²) in [6.45, 7) is 2.72. The maximum Gasteiger partial charge on any atom is 0.309 e. The molecule has 88 valence electrons. The topological polar surface area (TPSA) is 52.3 Å². The van der Waals surface area contributed by atoms with Gasteiger partial charge in [-0.1, -0.05) is 32.6 Å². The third kappa shape index (κ3) is 3.82. The lowest BCUT2D eigenvalue weighted by Gasteiger charge is -2.28. The van der Waals surface area contributed by atoms with Gasteiger partial charge in [0.1, 0.15) is 0 Å². The minimum absolute atomic E-state index is 0.0894. The van der Waals surface area contributed by atoms with Gasteiger partial charge in [0.25, 0.3) is 0 Å². The third-order valence-electron chi connectivity index (χ3n) is 3.57. The summed E-state index contributed by atoms with van der Waals surface area (Å²) in [5, 5.41) is 0. The van der Waals surface area contributed by atoms with Gasteiger partial charge in [0.05, 0.1) is 13.0 Å². The number of ether oxygens (including phenoxy) is 1. The average Bonchev–Trinajstić information content (AvgIpc) is 2.27. The number of rotatable bonds is 4. The van der Waals surface area contributed by atoms with Gasteiger partial charge in [-0.25, -0.2) is 0 Å². The van der Waals surface area contributed by atoms with Crippen LogP contribution < -0.4 is 5.73 Å². The second-order valence-electron chi connectivity index (χ2n) is 4.82. The minimum Gasteiger partial charge on any atom is -0.469 e. The molecule has 15 heavy (non-hydrogen) atoms. The van der Waals surface area contributed by atoms with E-state index in [0.717, 1.165) is 12.3 Å². The second-order valence-corrected chi connectivity index (χ2v) is 4.82. The molecule has 0 radical (unpaired) electrons. The van der Waals surface area contributed by atoms with Gasteiger partial charge in [-0.15, -0.1) is 0 Å². The largest absolute Gasteiger partial charge is 0.469 e. The van der Waals surface area contributed by atoms with Crippen molar-refractivity contribution in [3.8, 4) is 0 Å². The van der Waals surface area contributed by atoms with Crippen LogP contribution in [0.25, 0.3) is 0 Å². The molecule has 1 aliphatic carbocycles. The molecule has 0 aromatic heterocycles. The molecule has 0 spiro atoms. The summed E-state index contributed by atoms with van der Waals surface area (Å²) < 4.78 is 4.75. The maximum absolute atomic E-state index is 11.4. The van der Waals surface area contributed by atoms with Crippen LogP contribution in [-0.4, -0.2) is 19.6 Å². The summed E-state index contributed by atoms with van der Waals surface area (Å²) in [6, 6.07) is 0. The molecule has 0 aliphatic heterocycles. The lowest BCUT2D eigenvalue weighted by Crippen LogP contribution is -2.28. The highest BCUT2D eigenvalue weighted by molar-refractivity contribution is 5.72. The predicted molar refractivity (Wildman–Crippen MR) is 60.3 cm³/mol. The first-order valence-corrected chi connectivity index (χ1v) is 5.95. The lowest BCUT2D eigenvalue weighted by molar-refractivity contribution is -0.145. The summed E-state index contributed by atoms with van der Waals surface area (Å²) in [5.74, 6) is 1.30. The molecule has 1 fully saturated rings. The first kappa shape index (κ1) is 12.5. The zero-order chi connectivity index (χ0) is 11.3. The van der Waals surface area contributed by atoms with Crippen molar-refractivity contribution < 1.29 is 9.53 Å². The van der Waals surface area contributed by atoms with E-state index in [0.29, 0.717) is 12.5 Å². The number of esters is 1. The van der Waals surface area contributed by atoms with Gasteiger partial charge in [-0.05, 0) is 18.3 Å². The van der Waals surface area contributed by atoms with Crippen LogP contribution in [0.15, 0.2) is 0 Å². The highest BCUT2D eigenvalue weighted by Gasteiger charge is 2.25. The SMILES string of the molecule is COC(=O)C(CN)CC1CCC(C)CC1. The van der Waals surface area contributed by atoms with Crippen molar-refractivity contribution in [3.63, 3.8) is 0 Å². The van der Waals surface area contributed by atoms with Crippen molar-refractivity contribution in [1.82, 2.24) is 0 Å². The molecule has 0 saturated heterocycles. The van der Waals surface area contributed by atoms with Crippen LogP contribution in [0.5, 0.6) is 0 Å². The Balaban J connectivity index is 2.35. The van der Waals surface area contributed by atoms with Crippen molar-refractivity contribution in [2.75, 3.05) is 13.7 Å². The van der Waals surface area contributed by atoms with E-state index in [1.54, 1.807) is 0 Å². The van der Waals surface area contributed by atoms with E-state index in [1.165, 1.54) is 32.8 Å². The molecule has 1 aliphatic rings. The summed E-state index contributed by atoms with van der Waals surface area (Å²) in [4.78, 5) is 11.4. The molecular weight excluding hydrogens is 190 g/mol. The normalized spacial score (nSPS) is 28.5. The first-order valence-electron chi connectivity index (χ1n) is 5.95. The van der Waals surface area contributed by atoms with E-state index in [9.17, 15) is 4.79 Å². The second kappa shape index (κ2) is 6.11. The summed E-state index contributed by atoms with van der Waals surface area (Å²) in [5.41, 5.74) is 5.59. The van der Waals surface area contributed by atoms with Crippen LogP contribution in [-0.2, 0) is 9.53 Å². The molecule has 0 bridgehead atoms. The molecule has 0 aromatic rings. The zero-order valence-corrected chi connectivity index (χ0v) is 9.87. The van der Waals surface area contributed by atoms with Gasteiger partial charge >= 0.3 is 5.97 Å². The van der Waals surface area contributed by atoms with E-state index in [4.69, 9.17) is 10.5 Å². The summed E-state index contributed by atoms with van der Waals surface area (Å²) in [7, 11) is 1.44. The number of nitrogens with two attached hydrogens (primary N) is 1. The Morgan fingerprint density at radius 1 is 1.40 bits per heavy atom. The Kier molecular flexibility index (Phi) is 5.09. The highest BCUT2D eigenvalue weighted by Crippen LogP contribution is 2.32. The number of carbonyl (C=O) groups is 1. The van der Waals surface area contributed by atoms with E-state index in [2.05, 4.69) is 6.92 Å². The molecule has 3 nitrogen and oxygen atoms in total. The van der Waals surface area contributed by atoms with E-state index >= 15 is 0 Å². The van der Waals surface area contributed by atoms with Crippen molar-refractivity contribution in [2.45, 2.75) is 39.0 Å². The molecule has 1 unspecified atom stereocenters. The van der Waals surface area contributed by atoms with Crippen LogP contribution in [0.1, 0.15) is 39.0 Å². The number of hydrogen-bond acceptors (Lipinski definition) is 3. The monoisotopic (exact) mass is 213 g/mol. The standard InChI is InChI=1S/C12H23NO2/c1-9-3-5-10(6-4-9)7-11(8-13)12(14)15-2/h9-11H,3-8,13H2,1-2H3. The molecule has 1 atom stereocenters. The minimum atomic E-state index is -0.142. The fourth-order valence-corrected chi connectivity index (χ4v) is 2.42. The fraction of sp³-hybridized carbons (Fsp3) is 0.917. The molecule has 3 heteroatoms. The van der Waals surface area contributed by atoms with Gasteiger partial charge in [0.2, 0.25) is 0 Å². The maximum atomic E-state index is 11.4. The van der Waals surface area contributed by atoms with Crippen LogP contribution >= 0.6 is 0 Å². The smallest absolute Gasteiger partial charge is 0.309 e. The van der Waals surface area contributed by atoms with E-state index in [-0.39, 0.29) is 11.9 Å². The molecule has 0 amide bonds. The zero-order valence-electron chi connectivity index (χ0n) is 9.87. The Hall–Kier alpha value is -0.570. The van der Waals surface area contributed by atoms with Crippen molar-refractivity contribution in [2.24, 2.45) is 23.5 Å². The third-order valence-corrected chi connectivity index (χ3v) is 3.57. The highest BCUT2D eigenvalue weighted by atomic mass is 16.5.